The van der Waals surface area contributed by atoms with Gasteiger partial charge in [0.05, 0.1) is 0 Å². The lowest BCUT2D eigenvalue weighted by Crippen LogP contribution is -2.43. The summed E-state index contributed by atoms with van der Waals surface area (Å²) in [6.07, 6.45) is 0. The number of ketones is 1. The third-order valence-corrected chi connectivity index (χ3v) is 16.4. The van der Waals surface area contributed by atoms with E-state index in [4.69, 9.17) is 0 Å². The van der Waals surface area contributed by atoms with E-state index in [2.05, 4.69) is 98.3 Å². The molecule has 0 bridgehead atoms. The summed E-state index contributed by atoms with van der Waals surface area (Å²) in [5, 5.41) is 0.167. The standard InChI is InChI=1S/C20H36OSi2/c1-16(2)23(17(3)4,18(5)6)15-13-19(21)12-14-22(10,11)20(7,8)9/h16-18H,1-11H3. The monoisotopic (exact) mass is 348 g/mol. The van der Waals surface area contributed by atoms with Gasteiger partial charge in [-0.05, 0) is 33.5 Å². The van der Waals surface area contributed by atoms with Gasteiger partial charge in [0.15, 0.2) is 0 Å². The first-order valence-electron chi connectivity index (χ1n) is 8.78. The summed E-state index contributed by atoms with van der Waals surface area (Å²) in [5.41, 5.74) is 8.35. The summed E-state index contributed by atoms with van der Waals surface area (Å²) in [6.45, 7) is 24.6. The molecule has 0 aromatic carbocycles. The van der Waals surface area contributed by atoms with Crippen LogP contribution in [0, 0.1) is 22.9 Å². The Morgan fingerprint density at radius 3 is 1.43 bits per heavy atom. The molecule has 0 aliphatic carbocycles. The average molecular weight is 349 g/mol. The fraction of sp³-hybridized carbons (Fsp3) is 0.750. The highest BCUT2D eigenvalue weighted by Crippen LogP contribution is 2.40. The highest BCUT2D eigenvalue weighted by Gasteiger charge is 2.41. The van der Waals surface area contributed by atoms with E-state index in [-0.39, 0.29) is 10.8 Å². The molecule has 0 aliphatic rings. The predicted molar refractivity (Wildman–Crippen MR) is 109 cm³/mol. The van der Waals surface area contributed by atoms with Crippen molar-refractivity contribution < 1.29 is 4.79 Å². The van der Waals surface area contributed by atoms with Crippen molar-refractivity contribution in [3.8, 4) is 22.9 Å². The minimum Gasteiger partial charge on any atom is -0.270 e. The van der Waals surface area contributed by atoms with E-state index in [1.165, 1.54) is 0 Å². The molecule has 0 atom stereocenters. The molecule has 0 aromatic heterocycles. The van der Waals surface area contributed by atoms with Crippen molar-refractivity contribution in [2.75, 3.05) is 0 Å². The molecule has 0 rings (SSSR count). The molecule has 0 N–H and O–H groups in total. The van der Waals surface area contributed by atoms with Gasteiger partial charge < -0.3 is 0 Å². The highest BCUT2D eigenvalue weighted by molar-refractivity contribution is 6.91. The van der Waals surface area contributed by atoms with E-state index in [0.717, 1.165) is 0 Å². The molecular weight excluding hydrogens is 312 g/mol. The van der Waals surface area contributed by atoms with Gasteiger partial charge in [0.25, 0.3) is 5.78 Å². The van der Waals surface area contributed by atoms with Crippen molar-refractivity contribution in [1.82, 2.24) is 0 Å². The molecule has 0 saturated carbocycles. The topological polar surface area (TPSA) is 17.1 Å². The third-order valence-electron chi connectivity index (χ3n) is 5.62. The summed E-state index contributed by atoms with van der Waals surface area (Å²) in [4.78, 5) is 12.2. The van der Waals surface area contributed by atoms with Crippen LogP contribution in [0.5, 0.6) is 0 Å². The minimum atomic E-state index is -1.84. The van der Waals surface area contributed by atoms with Crippen molar-refractivity contribution in [2.24, 2.45) is 0 Å². The number of rotatable bonds is 3. The Balaban J connectivity index is 5.61. The number of carbonyl (C=O) groups is 1. The van der Waals surface area contributed by atoms with Crippen LogP contribution in [0.4, 0.5) is 0 Å². The lowest BCUT2D eigenvalue weighted by atomic mass is 10.2. The molecule has 3 heteroatoms. The summed E-state index contributed by atoms with van der Waals surface area (Å²) in [6, 6.07) is 0. The van der Waals surface area contributed by atoms with Gasteiger partial charge in [0.2, 0.25) is 0 Å². The van der Waals surface area contributed by atoms with Gasteiger partial charge in [-0.15, -0.1) is 11.1 Å². The van der Waals surface area contributed by atoms with Gasteiger partial charge in [0.1, 0.15) is 16.1 Å². The number of Topliss-reactive ketones (excluding diaryl/α,β-unsaturated/α-hetero) is 1. The number of hydrogen-bond acceptors (Lipinski definition) is 1. The zero-order valence-electron chi connectivity index (χ0n) is 17.1. The van der Waals surface area contributed by atoms with Gasteiger partial charge in [-0.25, -0.2) is 0 Å². The molecule has 0 aromatic rings. The second-order valence-corrected chi connectivity index (χ2v) is 19.7. The van der Waals surface area contributed by atoms with E-state index in [1.807, 2.05) is 0 Å². The Morgan fingerprint density at radius 1 is 0.783 bits per heavy atom. The molecule has 130 valence electrons. The first-order chi connectivity index (χ1) is 10.2. The Hall–Kier alpha value is -0.776. The van der Waals surface area contributed by atoms with Crippen LogP contribution >= 0.6 is 0 Å². The normalized spacial score (nSPS) is 12.8. The zero-order chi connectivity index (χ0) is 18.6. The van der Waals surface area contributed by atoms with Gasteiger partial charge >= 0.3 is 0 Å². The Bertz CT molecular complexity index is 518. The van der Waals surface area contributed by atoms with Crippen LogP contribution in [-0.4, -0.2) is 21.9 Å². The smallest absolute Gasteiger partial charge is 0.270 e. The second-order valence-electron chi connectivity index (χ2n) is 9.10. The fourth-order valence-electron chi connectivity index (χ4n) is 3.03. The van der Waals surface area contributed by atoms with Gasteiger partial charge in [0, 0.05) is 0 Å². The summed E-state index contributed by atoms with van der Waals surface area (Å²) < 4.78 is 0. The minimum absolute atomic E-state index is 0.167. The van der Waals surface area contributed by atoms with Crippen LogP contribution in [0.1, 0.15) is 62.3 Å². The average Bonchev–Trinajstić information content (AvgIpc) is 2.34. The molecule has 0 aliphatic heterocycles. The summed E-state index contributed by atoms with van der Waals surface area (Å²) >= 11 is 0. The molecule has 0 amide bonds. The van der Waals surface area contributed by atoms with Crippen molar-refractivity contribution in [3.63, 3.8) is 0 Å². The maximum Gasteiger partial charge on any atom is 0.277 e. The molecule has 0 heterocycles. The van der Waals surface area contributed by atoms with E-state index in [9.17, 15) is 4.79 Å². The third kappa shape index (κ3) is 5.37. The van der Waals surface area contributed by atoms with Crippen molar-refractivity contribution >= 4 is 21.9 Å². The van der Waals surface area contributed by atoms with Crippen LogP contribution in [0.2, 0.25) is 34.8 Å². The number of hydrogen-bond donors (Lipinski definition) is 0. The van der Waals surface area contributed by atoms with Crippen LogP contribution < -0.4 is 0 Å². The van der Waals surface area contributed by atoms with Crippen LogP contribution in [0.15, 0.2) is 0 Å². The lowest BCUT2D eigenvalue weighted by Gasteiger charge is -2.37. The lowest BCUT2D eigenvalue weighted by molar-refractivity contribution is -0.108. The van der Waals surface area contributed by atoms with Crippen molar-refractivity contribution in [1.29, 1.82) is 0 Å². The molecule has 0 fully saturated rings. The van der Waals surface area contributed by atoms with Gasteiger partial charge in [-0.2, -0.15) is 0 Å². The molecule has 0 radical (unpaired) electrons. The van der Waals surface area contributed by atoms with E-state index >= 15 is 0 Å². The Kier molecular flexibility index (Phi) is 7.60. The van der Waals surface area contributed by atoms with Gasteiger partial charge in [-0.1, -0.05) is 75.4 Å². The van der Waals surface area contributed by atoms with E-state index < -0.39 is 16.1 Å². The molecular formula is C20H36OSi2. The largest absolute Gasteiger partial charge is 0.277 e. The van der Waals surface area contributed by atoms with E-state index in [1.54, 1.807) is 0 Å². The predicted octanol–water partition coefficient (Wildman–Crippen LogP) is 5.83. The van der Waals surface area contributed by atoms with Gasteiger partial charge in [-0.3, -0.25) is 4.79 Å². The van der Waals surface area contributed by atoms with Crippen LogP contribution in [0.3, 0.4) is 0 Å². The maximum atomic E-state index is 12.2. The second kappa shape index (κ2) is 7.86. The van der Waals surface area contributed by atoms with E-state index in [0.29, 0.717) is 16.6 Å². The quantitative estimate of drug-likeness (QED) is 0.463. The molecule has 1 nitrogen and oxygen atoms in total. The first-order valence-corrected chi connectivity index (χ1v) is 14.0. The maximum absolute atomic E-state index is 12.2. The Labute approximate surface area is 147 Å². The van der Waals surface area contributed by atoms with Crippen molar-refractivity contribution in [3.05, 3.63) is 0 Å². The van der Waals surface area contributed by atoms with Crippen molar-refractivity contribution in [2.45, 2.75) is 97.1 Å². The SMILES string of the molecule is CC(C)[Si](C#CC(=O)C#C[Si](C)(C)C(C)(C)C)(C(C)C)C(C)C. The molecule has 0 unspecified atom stereocenters. The molecule has 23 heavy (non-hydrogen) atoms. The highest BCUT2D eigenvalue weighted by atomic mass is 28.3. The summed E-state index contributed by atoms with van der Waals surface area (Å²) in [7, 11) is -3.59. The summed E-state index contributed by atoms with van der Waals surface area (Å²) in [5.74, 6) is 5.55. The van der Waals surface area contributed by atoms with Crippen LogP contribution in [-0.2, 0) is 4.79 Å². The van der Waals surface area contributed by atoms with Crippen LogP contribution in [0.25, 0.3) is 0 Å². The molecule has 0 saturated heterocycles. The Morgan fingerprint density at radius 2 is 1.13 bits per heavy atom. The fourth-order valence-corrected chi connectivity index (χ4v) is 9.03. The number of carbonyl (C=O) groups excluding carboxylic acids is 1. The molecule has 0 spiro atoms. The zero-order valence-corrected chi connectivity index (χ0v) is 19.1. The first kappa shape index (κ1) is 22.2.